The highest BCUT2D eigenvalue weighted by Crippen LogP contribution is 2.28. The lowest BCUT2D eigenvalue weighted by Crippen LogP contribution is -2.36. The van der Waals surface area contributed by atoms with E-state index in [0.29, 0.717) is 12.6 Å². The van der Waals surface area contributed by atoms with Gasteiger partial charge in [-0.3, -0.25) is 4.79 Å². The molecule has 1 aromatic carbocycles. The van der Waals surface area contributed by atoms with Crippen LogP contribution >= 0.6 is 0 Å². The third-order valence-electron chi connectivity index (χ3n) is 3.32. The molecular formula is C14H16N2O2. The minimum absolute atomic E-state index is 0.0634. The normalized spacial score (nSPS) is 14.9. The summed E-state index contributed by atoms with van der Waals surface area (Å²) in [6, 6.07) is 8.28. The number of anilines is 1. The average Bonchev–Trinajstić information content (AvgIpc) is 3.13. The molecule has 0 bridgehead atoms. The molecule has 1 aliphatic carbocycles. The molecule has 0 spiro atoms. The number of carbonyl (C=O) groups is 1. The third kappa shape index (κ3) is 2.11. The highest BCUT2D eigenvalue weighted by molar-refractivity contribution is 6.02. The summed E-state index contributed by atoms with van der Waals surface area (Å²) in [5.74, 6) is 0.0634. The van der Waals surface area contributed by atoms with Crippen molar-refractivity contribution in [2.75, 3.05) is 18.5 Å². The van der Waals surface area contributed by atoms with Gasteiger partial charge >= 0.3 is 0 Å². The molecule has 1 aliphatic rings. The van der Waals surface area contributed by atoms with Crippen molar-refractivity contribution in [1.82, 2.24) is 5.32 Å². The minimum atomic E-state index is 0.0634. The topological polar surface area (TPSA) is 45.5 Å². The molecule has 3 rings (SSSR count). The van der Waals surface area contributed by atoms with Crippen LogP contribution in [0.5, 0.6) is 0 Å². The van der Waals surface area contributed by atoms with Crippen LogP contribution in [0.15, 0.2) is 34.9 Å². The van der Waals surface area contributed by atoms with Crippen molar-refractivity contribution in [3.8, 4) is 0 Å². The molecule has 1 fully saturated rings. The van der Waals surface area contributed by atoms with Crippen molar-refractivity contribution >= 4 is 22.6 Å². The van der Waals surface area contributed by atoms with Crippen molar-refractivity contribution in [2.24, 2.45) is 0 Å². The number of carbonyl (C=O) groups excluding carboxylic acids is 1. The number of fused-ring (bicyclic) bond motifs is 1. The quantitative estimate of drug-likeness (QED) is 0.896. The first-order valence-electron chi connectivity index (χ1n) is 6.22. The monoisotopic (exact) mass is 244 g/mol. The number of benzene rings is 1. The van der Waals surface area contributed by atoms with Gasteiger partial charge < -0.3 is 14.6 Å². The summed E-state index contributed by atoms with van der Waals surface area (Å²) < 4.78 is 5.44. The molecule has 1 amide bonds. The van der Waals surface area contributed by atoms with E-state index in [-0.39, 0.29) is 5.91 Å². The molecular weight excluding hydrogens is 228 g/mol. The van der Waals surface area contributed by atoms with E-state index in [4.69, 9.17) is 4.42 Å². The van der Waals surface area contributed by atoms with E-state index in [1.165, 1.54) is 12.8 Å². The summed E-state index contributed by atoms with van der Waals surface area (Å²) >= 11 is 0. The number of para-hydroxylation sites is 1. The van der Waals surface area contributed by atoms with E-state index in [2.05, 4.69) is 5.32 Å². The first kappa shape index (κ1) is 11.3. The zero-order chi connectivity index (χ0) is 12.5. The molecule has 0 atom stereocenters. The first-order chi connectivity index (χ1) is 8.75. The molecule has 4 heteroatoms. The molecule has 0 unspecified atom stereocenters. The number of furan rings is 1. The molecule has 0 radical (unpaired) electrons. The van der Waals surface area contributed by atoms with Crippen LogP contribution < -0.4 is 10.2 Å². The highest BCUT2D eigenvalue weighted by Gasteiger charge is 2.23. The highest BCUT2D eigenvalue weighted by atomic mass is 16.3. The van der Waals surface area contributed by atoms with Crippen LogP contribution in [0.3, 0.4) is 0 Å². The summed E-state index contributed by atoms with van der Waals surface area (Å²) in [6.45, 7) is 0.390. The summed E-state index contributed by atoms with van der Waals surface area (Å²) in [5.41, 5.74) is 1.63. The van der Waals surface area contributed by atoms with Gasteiger partial charge in [0.1, 0.15) is 11.8 Å². The number of hydrogen-bond acceptors (Lipinski definition) is 3. The first-order valence-corrected chi connectivity index (χ1v) is 6.22. The van der Waals surface area contributed by atoms with Gasteiger partial charge in [-0.25, -0.2) is 0 Å². The smallest absolute Gasteiger partial charge is 0.240 e. The minimum Gasteiger partial charge on any atom is -0.462 e. The lowest BCUT2D eigenvalue weighted by molar-refractivity contribution is -0.117. The maximum absolute atomic E-state index is 12.0. The second-order valence-corrected chi connectivity index (χ2v) is 4.73. The predicted molar refractivity (Wildman–Crippen MR) is 70.6 cm³/mol. The number of nitrogens with one attached hydrogen (secondary N) is 1. The van der Waals surface area contributed by atoms with Crippen molar-refractivity contribution in [1.29, 1.82) is 0 Å². The zero-order valence-electron chi connectivity index (χ0n) is 10.3. The second kappa shape index (κ2) is 4.46. The van der Waals surface area contributed by atoms with Gasteiger partial charge in [-0.05, 0) is 25.0 Å². The Kier molecular flexibility index (Phi) is 2.80. The molecule has 94 valence electrons. The number of amides is 1. The van der Waals surface area contributed by atoms with Crippen molar-refractivity contribution in [3.05, 3.63) is 30.5 Å². The van der Waals surface area contributed by atoms with Crippen LogP contribution in [0, 0.1) is 0 Å². The fourth-order valence-corrected chi connectivity index (χ4v) is 2.00. The Morgan fingerprint density at radius 2 is 2.22 bits per heavy atom. The summed E-state index contributed by atoms with van der Waals surface area (Å²) in [5, 5.41) is 4.20. The van der Waals surface area contributed by atoms with E-state index in [9.17, 15) is 4.79 Å². The lowest BCUT2D eigenvalue weighted by atomic mass is 10.2. The van der Waals surface area contributed by atoms with Crippen LogP contribution in [0.1, 0.15) is 12.8 Å². The molecule has 4 nitrogen and oxygen atoms in total. The zero-order valence-corrected chi connectivity index (χ0v) is 10.3. The van der Waals surface area contributed by atoms with Gasteiger partial charge in [0.2, 0.25) is 5.91 Å². The van der Waals surface area contributed by atoms with E-state index >= 15 is 0 Å². The van der Waals surface area contributed by atoms with Gasteiger partial charge in [0.05, 0.1) is 12.2 Å². The van der Waals surface area contributed by atoms with Gasteiger partial charge in [-0.2, -0.15) is 0 Å². The Morgan fingerprint density at radius 3 is 3.00 bits per heavy atom. The van der Waals surface area contributed by atoms with Crippen LogP contribution in [0.2, 0.25) is 0 Å². The summed E-state index contributed by atoms with van der Waals surface area (Å²) in [7, 11) is 1.79. The van der Waals surface area contributed by atoms with E-state index in [1.54, 1.807) is 18.2 Å². The van der Waals surface area contributed by atoms with Crippen LogP contribution in [0.4, 0.5) is 5.69 Å². The van der Waals surface area contributed by atoms with E-state index in [0.717, 1.165) is 16.7 Å². The van der Waals surface area contributed by atoms with Gasteiger partial charge in [0, 0.05) is 18.5 Å². The average molecular weight is 244 g/mol. The van der Waals surface area contributed by atoms with Crippen LogP contribution in [0.25, 0.3) is 11.0 Å². The number of nitrogens with zero attached hydrogens (tertiary/aromatic N) is 1. The summed E-state index contributed by atoms with van der Waals surface area (Å²) in [6.07, 6.45) is 4.01. The standard InChI is InChI=1S/C14H16N2O2/c1-16(14(17)8-15-10-6-7-10)12-9-18-13-5-3-2-4-11(12)13/h2-5,9-10,15H,6-8H2,1H3. The van der Waals surface area contributed by atoms with Crippen LogP contribution in [-0.4, -0.2) is 25.5 Å². The number of likely N-dealkylation sites (N-methyl/N-ethyl adjacent to an activating group) is 1. The lowest BCUT2D eigenvalue weighted by Gasteiger charge is -2.15. The largest absolute Gasteiger partial charge is 0.462 e. The number of hydrogen-bond donors (Lipinski definition) is 1. The van der Waals surface area contributed by atoms with Gasteiger partial charge in [0.25, 0.3) is 0 Å². The van der Waals surface area contributed by atoms with E-state index < -0.39 is 0 Å². The van der Waals surface area contributed by atoms with E-state index in [1.807, 2.05) is 24.3 Å². The van der Waals surface area contributed by atoms with Crippen molar-refractivity contribution < 1.29 is 9.21 Å². The van der Waals surface area contributed by atoms with Crippen molar-refractivity contribution in [2.45, 2.75) is 18.9 Å². The third-order valence-corrected chi connectivity index (χ3v) is 3.32. The SMILES string of the molecule is CN(C(=O)CNC1CC1)c1coc2ccccc12. The Bertz CT molecular complexity index is 572. The molecule has 1 aromatic heterocycles. The maximum atomic E-state index is 12.0. The maximum Gasteiger partial charge on any atom is 0.240 e. The Morgan fingerprint density at radius 1 is 1.44 bits per heavy atom. The second-order valence-electron chi connectivity index (χ2n) is 4.73. The Balaban J connectivity index is 1.77. The Hall–Kier alpha value is -1.81. The number of rotatable bonds is 4. The molecule has 0 saturated heterocycles. The van der Waals surface area contributed by atoms with Gasteiger partial charge in [-0.15, -0.1) is 0 Å². The molecule has 1 heterocycles. The molecule has 1 N–H and O–H groups in total. The molecule has 2 aromatic rings. The fourth-order valence-electron chi connectivity index (χ4n) is 2.00. The molecule has 1 saturated carbocycles. The molecule has 0 aliphatic heterocycles. The summed E-state index contributed by atoms with van der Waals surface area (Å²) in [4.78, 5) is 13.7. The van der Waals surface area contributed by atoms with Gasteiger partial charge in [-0.1, -0.05) is 12.1 Å². The van der Waals surface area contributed by atoms with Crippen LogP contribution in [-0.2, 0) is 4.79 Å². The van der Waals surface area contributed by atoms with Gasteiger partial charge in [0.15, 0.2) is 0 Å². The predicted octanol–water partition coefficient (Wildman–Crippen LogP) is 2.15. The fraction of sp³-hybridized carbons (Fsp3) is 0.357. The van der Waals surface area contributed by atoms with Crippen molar-refractivity contribution in [3.63, 3.8) is 0 Å². The molecule has 18 heavy (non-hydrogen) atoms. The Labute approximate surface area is 106 Å².